The number of ether oxygens (including phenoxy) is 1. The lowest BCUT2D eigenvalue weighted by atomic mass is 9.99. The molecule has 1 fully saturated rings. The van der Waals surface area contributed by atoms with Gasteiger partial charge in [0.2, 0.25) is 0 Å². The molecule has 1 saturated carbocycles. The second kappa shape index (κ2) is 5.83. The molecule has 3 atom stereocenters. The largest absolute Gasteiger partial charge is 0.468 e. The van der Waals surface area contributed by atoms with E-state index in [1.54, 1.807) is 0 Å². The number of carbonyl (C=O) groups is 1. The Kier molecular flexibility index (Phi) is 4.95. The van der Waals surface area contributed by atoms with E-state index in [1.807, 2.05) is 0 Å². The average Bonchev–Trinajstić information content (AvgIpc) is 2.72. The number of nitrogens with zero attached hydrogens (tertiary/aromatic N) is 1. The van der Waals surface area contributed by atoms with Gasteiger partial charge < -0.3 is 15.4 Å². The Labute approximate surface area is 104 Å². The molecule has 4 nitrogen and oxygen atoms in total. The summed E-state index contributed by atoms with van der Waals surface area (Å²) in [5.41, 5.74) is 5.34. The summed E-state index contributed by atoms with van der Waals surface area (Å²) in [4.78, 5) is 14.0. The monoisotopic (exact) mass is 242 g/mol. The zero-order valence-corrected chi connectivity index (χ0v) is 11.5. The fraction of sp³-hybridized carbons (Fsp3) is 0.923. The standard InChI is InChI=1S/C13H26N2O2/c1-5-10(2)9-15(3)11-6-7-13(14,8-11)12(16)17-4/h10-11H,5-9,14H2,1-4H3. The van der Waals surface area contributed by atoms with Crippen LogP contribution in [-0.4, -0.2) is 43.2 Å². The van der Waals surface area contributed by atoms with Crippen molar-refractivity contribution in [2.24, 2.45) is 11.7 Å². The van der Waals surface area contributed by atoms with Crippen molar-refractivity contribution in [2.45, 2.75) is 51.1 Å². The third kappa shape index (κ3) is 3.42. The van der Waals surface area contributed by atoms with Crippen LogP contribution in [0.15, 0.2) is 0 Å². The third-order valence-electron chi connectivity index (χ3n) is 4.04. The van der Waals surface area contributed by atoms with Crippen LogP contribution >= 0.6 is 0 Å². The molecule has 0 heterocycles. The first-order chi connectivity index (χ1) is 7.92. The van der Waals surface area contributed by atoms with Crippen LogP contribution in [-0.2, 0) is 9.53 Å². The summed E-state index contributed by atoms with van der Waals surface area (Å²) in [5.74, 6) is 0.419. The van der Waals surface area contributed by atoms with E-state index in [4.69, 9.17) is 10.5 Å². The van der Waals surface area contributed by atoms with Crippen molar-refractivity contribution in [3.05, 3.63) is 0 Å². The molecule has 100 valence electrons. The van der Waals surface area contributed by atoms with Crippen molar-refractivity contribution in [3.63, 3.8) is 0 Å². The van der Waals surface area contributed by atoms with E-state index in [-0.39, 0.29) is 5.97 Å². The molecule has 0 radical (unpaired) electrons. The highest BCUT2D eigenvalue weighted by Crippen LogP contribution is 2.32. The lowest BCUT2D eigenvalue weighted by Crippen LogP contribution is -2.48. The van der Waals surface area contributed by atoms with Crippen LogP contribution in [0.4, 0.5) is 0 Å². The van der Waals surface area contributed by atoms with Crippen LogP contribution in [0.5, 0.6) is 0 Å². The first-order valence-corrected chi connectivity index (χ1v) is 6.50. The van der Waals surface area contributed by atoms with Gasteiger partial charge in [-0.15, -0.1) is 0 Å². The summed E-state index contributed by atoms with van der Waals surface area (Å²) >= 11 is 0. The Morgan fingerprint density at radius 2 is 2.29 bits per heavy atom. The van der Waals surface area contributed by atoms with Gasteiger partial charge in [0, 0.05) is 12.6 Å². The van der Waals surface area contributed by atoms with E-state index in [9.17, 15) is 4.79 Å². The zero-order valence-electron chi connectivity index (χ0n) is 11.5. The summed E-state index contributed by atoms with van der Waals surface area (Å²) in [6.45, 7) is 5.52. The Balaban J connectivity index is 2.52. The van der Waals surface area contributed by atoms with Gasteiger partial charge in [-0.2, -0.15) is 0 Å². The van der Waals surface area contributed by atoms with Gasteiger partial charge in [-0.05, 0) is 32.2 Å². The third-order valence-corrected chi connectivity index (χ3v) is 4.04. The Morgan fingerprint density at radius 3 is 2.82 bits per heavy atom. The van der Waals surface area contributed by atoms with E-state index in [0.717, 1.165) is 19.4 Å². The highest BCUT2D eigenvalue weighted by molar-refractivity contribution is 5.81. The molecule has 0 aromatic carbocycles. The van der Waals surface area contributed by atoms with Crippen LogP contribution in [0.25, 0.3) is 0 Å². The molecule has 17 heavy (non-hydrogen) atoms. The highest BCUT2D eigenvalue weighted by atomic mass is 16.5. The van der Waals surface area contributed by atoms with E-state index < -0.39 is 5.54 Å². The van der Waals surface area contributed by atoms with Gasteiger partial charge in [0.05, 0.1) is 7.11 Å². The van der Waals surface area contributed by atoms with Crippen LogP contribution in [0.2, 0.25) is 0 Å². The highest BCUT2D eigenvalue weighted by Gasteiger charge is 2.44. The van der Waals surface area contributed by atoms with Gasteiger partial charge in [-0.1, -0.05) is 20.3 Å². The average molecular weight is 242 g/mol. The van der Waals surface area contributed by atoms with Crippen LogP contribution in [0.1, 0.15) is 39.5 Å². The topological polar surface area (TPSA) is 55.6 Å². The van der Waals surface area contributed by atoms with Crippen molar-refractivity contribution in [1.82, 2.24) is 4.90 Å². The smallest absolute Gasteiger partial charge is 0.325 e. The molecule has 0 aromatic heterocycles. The summed E-state index contributed by atoms with van der Waals surface area (Å²) in [6.07, 6.45) is 3.61. The predicted molar refractivity (Wildman–Crippen MR) is 68.7 cm³/mol. The SMILES string of the molecule is CCC(C)CN(C)C1CCC(N)(C(=O)OC)C1. The summed E-state index contributed by atoms with van der Waals surface area (Å²) in [5, 5.41) is 0. The van der Waals surface area contributed by atoms with Gasteiger partial charge in [-0.3, -0.25) is 4.79 Å². The molecule has 2 N–H and O–H groups in total. The second-order valence-corrected chi connectivity index (χ2v) is 5.50. The molecular weight excluding hydrogens is 216 g/mol. The van der Waals surface area contributed by atoms with Crippen molar-refractivity contribution < 1.29 is 9.53 Å². The molecular formula is C13H26N2O2. The minimum atomic E-state index is -0.761. The lowest BCUT2D eigenvalue weighted by Gasteiger charge is -2.28. The molecule has 1 aliphatic rings. The number of hydrogen-bond acceptors (Lipinski definition) is 4. The molecule has 0 spiro atoms. The van der Waals surface area contributed by atoms with Crippen molar-refractivity contribution >= 4 is 5.97 Å². The molecule has 3 unspecified atom stereocenters. The Bertz CT molecular complexity index is 270. The molecule has 1 aliphatic carbocycles. The molecule has 0 saturated heterocycles. The first kappa shape index (κ1) is 14.5. The number of carbonyl (C=O) groups excluding carboxylic acids is 1. The lowest BCUT2D eigenvalue weighted by molar-refractivity contribution is -0.146. The van der Waals surface area contributed by atoms with E-state index >= 15 is 0 Å². The zero-order chi connectivity index (χ0) is 13.1. The summed E-state index contributed by atoms with van der Waals surface area (Å²) in [6, 6.07) is 0.410. The molecule has 0 aromatic rings. The summed E-state index contributed by atoms with van der Waals surface area (Å²) < 4.78 is 4.79. The second-order valence-electron chi connectivity index (χ2n) is 5.50. The van der Waals surface area contributed by atoms with Gasteiger partial charge in [-0.25, -0.2) is 0 Å². The fourth-order valence-electron chi connectivity index (χ4n) is 2.58. The minimum absolute atomic E-state index is 0.267. The van der Waals surface area contributed by atoms with E-state index in [1.165, 1.54) is 13.5 Å². The van der Waals surface area contributed by atoms with Gasteiger partial charge in [0.15, 0.2) is 0 Å². The van der Waals surface area contributed by atoms with Crippen molar-refractivity contribution in [3.8, 4) is 0 Å². The van der Waals surface area contributed by atoms with E-state index in [2.05, 4.69) is 25.8 Å². The number of hydrogen-bond donors (Lipinski definition) is 1. The van der Waals surface area contributed by atoms with Crippen molar-refractivity contribution in [1.29, 1.82) is 0 Å². The van der Waals surface area contributed by atoms with Crippen LogP contribution in [0, 0.1) is 5.92 Å². The van der Waals surface area contributed by atoms with Gasteiger partial charge >= 0.3 is 5.97 Å². The van der Waals surface area contributed by atoms with Gasteiger partial charge in [0.1, 0.15) is 5.54 Å². The van der Waals surface area contributed by atoms with Crippen LogP contribution < -0.4 is 5.73 Å². The molecule has 4 heteroatoms. The number of nitrogens with two attached hydrogens (primary N) is 1. The van der Waals surface area contributed by atoms with Crippen LogP contribution in [0.3, 0.4) is 0 Å². The predicted octanol–water partition coefficient (Wildman–Crippen LogP) is 1.39. The number of rotatable bonds is 5. The molecule has 0 amide bonds. The molecule has 0 aliphatic heterocycles. The Hall–Kier alpha value is -0.610. The fourth-order valence-corrected chi connectivity index (χ4v) is 2.58. The minimum Gasteiger partial charge on any atom is -0.468 e. The summed E-state index contributed by atoms with van der Waals surface area (Å²) in [7, 11) is 3.53. The van der Waals surface area contributed by atoms with E-state index in [0.29, 0.717) is 18.4 Å². The first-order valence-electron chi connectivity index (χ1n) is 6.50. The van der Waals surface area contributed by atoms with Crippen molar-refractivity contribution in [2.75, 3.05) is 20.7 Å². The molecule has 1 rings (SSSR count). The van der Waals surface area contributed by atoms with Gasteiger partial charge in [0.25, 0.3) is 0 Å². The number of methoxy groups -OCH3 is 1. The molecule has 0 bridgehead atoms. The quantitative estimate of drug-likeness (QED) is 0.740. The maximum absolute atomic E-state index is 11.6. The Morgan fingerprint density at radius 1 is 1.65 bits per heavy atom. The maximum atomic E-state index is 11.6. The maximum Gasteiger partial charge on any atom is 0.325 e. The number of esters is 1. The normalized spacial score (nSPS) is 30.6.